The molecule has 1 aromatic rings. The maximum atomic E-state index is 12.5. The van der Waals surface area contributed by atoms with E-state index in [4.69, 9.17) is 0 Å². The molecule has 0 atom stereocenters. The van der Waals surface area contributed by atoms with Crippen LogP contribution in [0.4, 0.5) is 4.39 Å². The van der Waals surface area contributed by atoms with Crippen LogP contribution in [0.25, 0.3) is 0 Å². The molecule has 0 bridgehead atoms. The summed E-state index contributed by atoms with van der Waals surface area (Å²) in [6.07, 6.45) is 0. The number of rotatable bonds is 0. The Morgan fingerprint density at radius 2 is 1.90 bits per heavy atom. The quantitative estimate of drug-likeness (QED) is 0.514. The van der Waals surface area contributed by atoms with Crippen LogP contribution < -0.4 is 0 Å². The van der Waals surface area contributed by atoms with Gasteiger partial charge in [-0.15, -0.1) is 0 Å². The fraction of sp³-hybridized carbons (Fsp3) is 0.333. The second-order valence-electron chi connectivity index (χ2n) is 3.31. The Labute approximate surface area is 59.7 Å². The zero-order chi connectivity index (χ0) is 7.35. The highest BCUT2D eigenvalue weighted by Gasteiger charge is 2.41. The summed E-state index contributed by atoms with van der Waals surface area (Å²) in [5, 5.41) is 0. The van der Waals surface area contributed by atoms with Crippen LogP contribution in [-0.4, -0.2) is 0 Å². The lowest BCUT2D eigenvalue weighted by atomic mass is 10.1. The van der Waals surface area contributed by atoms with Crippen molar-refractivity contribution in [3.63, 3.8) is 0 Å². The van der Waals surface area contributed by atoms with E-state index in [1.807, 2.05) is 6.07 Å². The number of benzene rings is 1. The minimum absolute atomic E-state index is 0.121. The number of hydrogen-bond donors (Lipinski definition) is 0. The SMILES string of the molecule is CC1(C)c2ccc(F)cc21. The van der Waals surface area contributed by atoms with Crippen LogP contribution in [0.1, 0.15) is 25.0 Å². The van der Waals surface area contributed by atoms with Crippen molar-refractivity contribution in [2.24, 2.45) is 0 Å². The summed E-state index contributed by atoms with van der Waals surface area (Å²) >= 11 is 0. The van der Waals surface area contributed by atoms with Gasteiger partial charge in [0.05, 0.1) is 0 Å². The van der Waals surface area contributed by atoms with Gasteiger partial charge in [0.2, 0.25) is 0 Å². The third-order valence-corrected chi connectivity index (χ3v) is 2.27. The van der Waals surface area contributed by atoms with Crippen LogP contribution >= 0.6 is 0 Å². The second-order valence-corrected chi connectivity index (χ2v) is 3.31. The van der Waals surface area contributed by atoms with Crippen LogP contribution in [0.3, 0.4) is 0 Å². The molecule has 1 aliphatic rings. The fourth-order valence-corrected chi connectivity index (χ4v) is 1.43. The van der Waals surface area contributed by atoms with Crippen LogP contribution in [0.5, 0.6) is 0 Å². The van der Waals surface area contributed by atoms with E-state index in [9.17, 15) is 4.39 Å². The molecule has 0 aromatic heterocycles. The minimum Gasteiger partial charge on any atom is -0.207 e. The van der Waals surface area contributed by atoms with Gasteiger partial charge in [0.1, 0.15) is 5.82 Å². The van der Waals surface area contributed by atoms with Crippen LogP contribution in [-0.2, 0) is 5.41 Å². The van der Waals surface area contributed by atoms with Gasteiger partial charge in [-0.3, -0.25) is 0 Å². The molecule has 52 valence electrons. The highest BCUT2D eigenvalue weighted by molar-refractivity contribution is 5.57. The normalized spacial score (nSPS) is 18.3. The van der Waals surface area contributed by atoms with Gasteiger partial charge in [-0.25, -0.2) is 4.39 Å². The zero-order valence-corrected chi connectivity index (χ0v) is 6.11. The van der Waals surface area contributed by atoms with Gasteiger partial charge in [0.25, 0.3) is 0 Å². The molecular weight excluding hydrogens is 127 g/mol. The van der Waals surface area contributed by atoms with Gasteiger partial charge in [0.15, 0.2) is 0 Å². The molecule has 0 nitrogen and oxygen atoms in total. The Bertz CT molecular complexity index is 287. The Morgan fingerprint density at radius 1 is 1.20 bits per heavy atom. The van der Waals surface area contributed by atoms with E-state index >= 15 is 0 Å². The van der Waals surface area contributed by atoms with Crippen molar-refractivity contribution < 1.29 is 4.39 Å². The molecule has 0 N–H and O–H groups in total. The summed E-state index contributed by atoms with van der Waals surface area (Å²) in [5.41, 5.74) is 2.60. The predicted molar refractivity (Wildman–Crippen MR) is 38.5 cm³/mol. The Balaban J connectivity index is 2.56. The average molecular weight is 136 g/mol. The number of fused-ring (bicyclic) bond motifs is 1. The molecule has 0 fully saturated rings. The molecule has 1 heteroatoms. The first-order valence-electron chi connectivity index (χ1n) is 3.43. The summed E-state index contributed by atoms with van der Waals surface area (Å²) < 4.78 is 12.5. The minimum atomic E-state index is -0.121. The monoisotopic (exact) mass is 136 g/mol. The summed E-state index contributed by atoms with van der Waals surface area (Å²) in [6.45, 7) is 4.22. The second kappa shape index (κ2) is 1.42. The van der Waals surface area contributed by atoms with Gasteiger partial charge in [-0.1, -0.05) is 19.9 Å². The average Bonchev–Trinajstić information content (AvgIpc) is 2.36. The number of hydrogen-bond acceptors (Lipinski definition) is 0. The molecule has 0 aliphatic heterocycles. The highest BCUT2D eigenvalue weighted by Crippen LogP contribution is 2.48. The van der Waals surface area contributed by atoms with Crippen LogP contribution in [0.2, 0.25) is 0 Å². The molecule has 1 aliphatic carbocycles. The summed E-state index contributed by atoms with van der Waals surface area (Å²) in [4.78, 5) is 0. The lowest BCUT2D eigenvalue weighted by Crippen LogP contribution is -1.89. The van der Waals surface area contributed by atoms with Crippen molar-refractivity contribution in [3.05, 3.63) is 35.1 Å². The standard InChI is InChI=1S/C9H9F/c1-9(2)7-4-3-6(10)5-8(7)9/h3-5H,1-2H3. The molecule has 2 rings (SSSR count). The van der Waals surface area contributed by atoms with Crippen molar-refractivity contribution in [3.8, 4) is 0 Å². The third kappa shape index (κ3) is 0.551. The first-order chi connectivity index (χ1) is 4.62. The van der Waals surface area contributed by atoms with Crippen molar-refractivity contribution in [2.75, 3.05) is 0 Å². The predicted octanol–water partition coefficient (Wildman–Crippen LogP) is 2.47. The van der Waals surface area contributed by atoms with Gasteiger partial charge in [0, 0.05) is 5.41 Å². The summed E-state index contributed by atoms with van der Waals surface area (Å²) in [6, 6.07) is 5.01. The highest BCUT2D eigenvalue weighted by atomic mass is 19.1. The number of halogens is 1. The van der Waals surface area contributed by atoms with E-state index in [0.29, 0.717) is 0 Å². The molecular formula is C9H9F. The van der Waals surface area contributed by atoms with Gasteiger partial charge in [-0.05, 0) is 23.3 Å². The largest absolute Gasteiger partial charge is 0.207 e. The summed E-state index contributed by atoms with van der Waals surface area (Å²) in [7, 11) is 0. The molecule has 10 heavy (non-hydrogen) atoms. The van der Waals surface area contributed by atoms with E-state index in [2.05, 4.69) is 13.8 Å². The molecule has 0 amide bonds. The Kier molecular flexibility index (Phi) is 0.836. The molecule has 0 heterocycles. The maximum Gasteiger partial charge on any atom is 0.123 e. The van der Waals surface area contributed by atoms with E-state index < -0.39 is 0 Å². The molecule has 0 radical (unpaired) electrons. The van der Waals surface area contributed by atoms with Crippen LogP contribution in [0, 0.1) is 5.82 Å². The van der Waals surface area contributed by atoms with E-state index in [0.717, 1.165) is 5.56 Å². The first kappa shape index (κ1) is 5.90. The lowest BCUT2D eigenvalue weighted by molar-refractivity contribution is 0.627. The summed E-state index contributed by atoms with van der Waals surface area (Å²) in [5.74, 6) is -0.121. The first-order valence-corrected chi connectivity index (χ1v) is 3.43. The smallest absolute Gasteiger partial charge is 0.123 e. The lowest BCUT2D eigenvalue weighted by Gasteiger charge is -1.92. The fourth-order valence-electron chi connectivity index (χ4n) is 1.43. The van der Waals surface area contributed by atoms with Crippen LogP contribution in [0.15, 0.2) is 18.2 Å². The Hall–Kier alpha value is -0.850. The van der Waals surface area contributed by atoms with E-state index in [1.165, 1.54) is 11.6 Å². The van der Waals surface area contributed by atoms with Gasteiger partial charge in [-0.2, -0.15) is 0 Å². The zero-order valence-electron chi connectivity index (χ0n) is 6.11. The molecule has 0 spiro atoms. The Morgan fingerprint density at radius 3 is 2.40 bits per heavy atom. The van der Waals surface area contributed by atoms with E-state index in [-0.39, 0.29) is 11.2 Å². The van der Waals surface area contributed by atoms with Crippen molar-refractivity contribution in [2.45, 2.75) is 19.3 Å². The van der Waals surface area contributed by atoms with E-state index in [1.54, 1.807) is 6.07 Å². The van der Waals surface area contributed by atoms with Gasteiger partial charge < -0.3 is 0 Å². The molecule has 0 saturated carbocycles. The van der Waals surface area contributed by atoms with Crippen molar-refractivity contribution in [1.29, 1.82) is 0 Å². The third-order valence-electron chi connectivity index (χ3n) is 2.27. The van der Waals surface area contributed by atoms with Crippen molar-refractivity contribution >= 4 is 0 Å². The topological polar surface area (TPSA) is 0 Å². The van der Waals surface area contributed by atoms with Crippen molar-refractivity contribution in [1.82, 2.24) is 0 Å². The molecule has 0 unspecified atom stereocenters. The maximum absolute atomic E-state index is 12.5. The van der Waals surface area contributed by atoms with Gasteiger partial charge >= 0.3 is 0 Å². The molecule has 0 saturated heterocycles. The molecule has 1 aromatic carbocycles.